The van der Waals surface area contributed by atoms with Crippen LogP contribution in [-0.4, -0.2) is 9.55 Å². The Labute approximate surface area is 125 Å². The second-order valence-electron chi connectivity index (χ2n) is 6.05. The molecule has 0 saturated heterocycles. The van der Waals surface area contributed by atoms with Gasteiger partial charge in [0.05, 0.1) is 5.69 Å². The average molecular weight is 287 g/mol. The van der Waals surface area contributed by atoms with Gasteiger partial charge >= 0.3 is 0 Å². The lowest BCUT2D eigenvalue weighted by atomic mass is 9.95. The maximum Gasteiger partial charge on any atom is 0.207 e. The van der Waals surface area contributed by atoms with E-state index in [9.17, 15) is 4.39 Å². The van der Waals surface area contributed by atoms with Gasteiger partial charge < -0.3 is 9.88 Å². The third kappa shape index (κ3) is 3.26. The fourth-order valence-electron chi connectivity index (χ4n) is 3.18. The van der Waals surface area contributed by atoms with Crippen molar-refractivity contribution in [2.45, 2.75) is 52.0 Å². The van der Waals surface area contributed by atoms with Gasteiger partial charge in [-0.25, -0.2) is 9.37 Å². The molecule has 4 heteroatoms. The molecule has 0 unspecified atom stereocenters. The van der Waals surface area contributed by atoms with Crippen molar-refractivity contribution >= 4 is 11.6 Å². The minimum Gasteiger partial charge on any atom is -0.325 e. The van der Waals surface area contributed by atoms with E-state index in [0.717, 1.165) is 22.9 Å². The van der Waals surface area contributed by atoms with Crippen molar-refractivity contribution in [3.05, 3.63) is 41.5 Å². The van der Waals surface area contributed by atoms with Crippen LogP contribution in [0.15, 0.2) is 24.4 Å². The van der Waals surface area contributed by atoms with E-state index in [1.54, 1.807) is 0 Å². The predicted molar refractivity (Wildman–Crippen MR) is 83.5 cm³/mol. The van der Waals surface area contributed by atoms with E-state index in [1.807, 2.05) is 19.9 Å². The summed E-state index contributed by atoms with van der Waals surface area (Å²) in [4.78, 5) is 4.57. The van der Waals surface area contributed by atoms with E-state index in [-0.39, 0.29) is 5.82 Å². The number of imidazole rings is 1. The van der Waals surface area contributed by atoms with Gasteiger partial charge in [0.25, 0.3) is 0 Å². The Morgan fingerprint density at radius 2 is 1.90 bits per heavy atom. The van der Waals surface area contributed by atoms with Gasteiger partial charge in [-0.3, -0.25) is 0 Å². The highest BCUT2D eigenvalue weighted by Gasteiger charge is 2.19. The van der Waals surface area contributed by atoms with Gasteiger partial charge in [0.1, 0.15) is 5.82 Å². The number of nitrogens with one attached hydrogen (secondary N) is 1. The molecule has 3 nitrogen and oxygen atoms in total. The van der Waals surface area contributed by atoms with E-state index in [1.165, 1.54) is 44.2 Å². The Balaban J connectivity index is 1.87. The van der Waals surface area contributed by atoms with Gasteiger partial charge in [-0.15, -0.1) is 0 Å². The standard InChI is InChI=1S/C17H22FN3/c1-12-8-14(18)10-15(9-12)20-17-19-13(2)11-21(17)16-6-4-3-5-7-16/h8-11,16H,3-7H2,1-2H3,(H,19,20). The molecule has 1 N–H and O–H groups in total. The Morgan fingerprint density at radius 1 is 1.14 bits per heavy atom. The zero-order chi connectivity index (χ0) is 14.8. The smallest absolute Gasteiger partial charge is 0.207 e. The molecule has 0 atom stereocenters. The summed E-state index contributed by atoms with van der Waals surface area (Å²) < 4.78 is 15.8. The molecule has 0 radical (unpaired) electrons. The Bertz CT molecular complexity index is 607. The summed E-state index contributed by atoms with van der Waals surface area (Å²) in [5.41, 5.74) is 2.66. The first kappa shape index (κ1) is 14.1. The topological polar surface area (TPSA) is 29.9 Å². The van der Waals surface area contributed by atoms with Crippen LogP contribution in [0.3, 0.4) is 0 Å². The third-order valence-electron chi connectivity index (χ3n) is 4.12. The van der Waals surface area contributed by atoms with Crippen molar-refractivity contribution in [2.24, 2.45) is 0 Å². The molecule has 1 aliphatic rings. The summed E-state index contributed by atoms with van der Waals surface area (Å²) in [6.07, 6.45) is 8.39. The van der Waals surface area contributed by atoms with E-state index in [4.69, 9.17) is 0 Å². The van der Waals surface area contributed by atoms with Crippen LogP contribution in [0.2, 0.25) is 0 Å². The highest BCUT2D eigenvalue weighted by molar-refractivity contribution is 5.55. The minimum atomic E-state index is -0.218. The Hall–Kier alpha value is -1.84. The number of nitrogens with zero attached hydrogens (tertiary/aromatic N) is 2. The summed E-state index contributed by atoms with van der Waals surface area (Å²) in [6, 6.07) is 5.50. The maximum absolute atomic E-state index is 13.5. The molecule has 1 heterocycles. The summed E-state index contributed by atoms with van der Waals surface area (Å²) in [5, 5.41) is 3.28. The van der Waals surface area contributed by atoms with Gasteiger partial charge in [-0.2, -0.15) is 0 Å². The highest BCUT2D eigenvalue weighted by Crippen LogP contribution is 2.31. The predicted octanol–water partition coefficient (Wildman–Crippen LogP) is 4.89. The first-order chi connectivity index (χ1) is 10.1. The summed E-state index contributed by atoms with van der Waals surface area (Å²) >= 11 is 0. The zero-order valence-electron chi connectivity index (χ0n) is 12.7. The molecule has 1 aliphatic carbocycles. The second kappa shape index (κ2) is 5.88. The molecule has 1 aromatic carbocycles. The molecular weight excluding hydrogens is 265 g/mol. The number of benzene rings is 1. The van der Waals surface area contributed by atoms with E-state index >= 15 is 0 Å². The zero-order valence-corrected chi connectivity index (χ0v) is 12.7. The lowest BCUT2D eigenvalue weighted by Crippen LogP contribution is -2.14. The van der Waals surface area contributed by atoms with Crippen LogP contribution in [0.1, 0.15) is 49.4 Å². The Kier molecular flexibility index (Phi) is 3.95. The molecule has 1 aromatic heterocycles. The van der Waals surface area contributed by atoms with E-state index in [2.05, 4.69) is 21.1 Å². The van der Waals surface area contributed by atoms with Crippen molar-refractivity contribution in [1.82, 2.24) is 9.55 Å². The maximum atomic E-state index is 13.5. The molecule has 2 aromatic rings. The molecule has 1 fully saturated rings. The van der Waals surface area contributed by atoms with Crippen LogP contribution in [0.4, 0.5) is 16.0 Å². The van der Waals surface area contributed by atoms with E-state index in [0.29, 0.717) is 6.04 Å². The monoisotopic (exact) mass is 287 g/mol. The molecule has 3 rings (SSSR count). The molecule has 0 aliphatic heterocycles. The lowest BCUT2D eigenvalue weighted by molar-refractivity contribution is 0.356. The van der Waals surface area contributed by atoms with Crippen molar-refractivity contribution in [3.63, 3.8) is 0 Å². The fraction of sp³-hybridized carbons (Fsp3) is 0.471. The van der Waals surface area contributed by atoms with Crippen LogP contribution >= 0.6 is 0 Å². The summed E-state index contributed by atoms with van der Waals surface area (Å²) in [7, 11) is 0. The van der Waals surface area contributed by atoms with Crippen LogP contribution < -0.4 is 5.32 Å². The molecule has 0 bridgehead atoms. The average Bonchev–Trinajstić information content (AvgIpc) is 2.79. The lowest BCUT2D eigenvalue weighted by Gasteiger charge is -2.24. The van der Waals surface area contributed by atoms with Gasteiger partial charge in [0, 0.05) is 17.9 Å². The highest BCUT2D eigenvalue weighted by atomic mass is 19.1. The fourth-order valence-corrected chi connectivity index (χ4v) is 3.18. The quantitative estimate of drug-likeness (QED) is 0.871. The largest absolute Gasteiger partial charge is 0.325 e. The normalized spacial score (nSPS) is 16.1. The number of anilines is 2. The van der Waals surface area contributed by atoms with Crippen molar-refractivity contribution in [1.29, 1.82) is 0 Å². The van der Waals surface area contributed by atoms with Gasteiger partial charge in [-0.05, 0) is 50.5 Å². The van der Waals surface area contributed by atoms with Gasteiger partial charge in [-0.1, -0.05) is 19.3 Å². The minimum absolute atomic E-state index is 0.218. The molecule has 0 amide bonds. The van der Waals surface area contributed by atoms with Crippen LogP contribution in [0, 0.1) is 19.7 Å². The van der Waals surface area contributed by atoms with Crippen LogP contribution in [-0.2, 0) is 0 Å². The number of rotatable bonds is 3. The van der Waals surface area contributed by atoms with Crippen LogP contribution in [0.5, 0.6) is 0 Å². The van der Waals surface area contributed by atoms with E-state index < -0.39 is 0 Å². The first-order valence-corrected chi connectivity index (χ1v) is 7.71. The molecule has 21 heavy (non-hydrogen) atoms. The van der Waals surface area contributed by atoms with Gasteiger partial charge in [0.15, 0.2) is 0 Å². The first-order valence-electron chi connectivity index (χ1n) is 7.71. The number of hydrogen-bond donors (Lipinski definition) is 1. The Morgan fingerprint density at radius 3 is 2.62 bits per heavy atom. The van der Waals surface area contributed by atoms with Crippen molar-refractivity contribution in [3.8, 4) is 0 Å². The number of aromatic nitrogens is 2. The van der Waals surface area contributed by atoms with Gasteiger partial charge in [0.2, 0.25) is 5.95 Å². The molecule has 112 valence electrons. The molecular formula is C17H22FN3. The summed E-state index contributed by atoms with van der Waals surface area (Å²) in [5.74, 6) is 0.606. The van der Waals surface area contributed by atoms with Crippen LogP contribution in [0.25, 0.3) is 0 Å². The number of aryl methyl sites for hydroxylation is 2. The number of hydrogen-bond acceptors (Lipinski definition) is 2. The molecule has 0 spiro atoms. The SMILES string of the molecule is Cc1cc(F)cc(Nc2nc(C)cn2C2CCCCC2)c1. The number of halogens is 1. The summed E-state index contributed by atoms with van der Waals surface area (Å²) in [6.45, 7) is 3.90. The molecule has 1 saturated carbocycles. The third-order valence-corrected chi connectivity index (χ3v) is 4.12. The van der Waals surface area contributed by atoms with Crippen molar-refractivity contribution in [2.75, 3.05) is 5.32 Å². The second-order valence-corrected chi connectivity index (χ2v) is 6.05. The van der Waals surface area contributed by atoms with Crippen molar-refractivity contribution < 1.29 is 4.39 Å².